The van der Waals surface area contributed by atoms with Crippen molar-refractivity contribution in [3.8, 4) is 0 Å². The summed E-state index contributed by atoms with van der Waals surface area (Å²) in [6.07, 6.45) is 7.24. The molecular weight excluding hydrogens is 247 g/mol. The summed E-state index contributed by atoms with van der Waals surface area (Å²) < 4.78 is 0. The molecule has 1 aromatic carbocycles. The number of aryl methyl sites for hydroxylation is 1. The molecule has 2 aliphatic rings. The van der Waals surface area contributed by atoms with Crippen molar-refractivity contribution in [3.63, 3.8) is 0 Å². The number of hydrogen-bond acceptors (Lipinski definition) is 0. The van der Waals surface area contributed by atoms with Gasteiger partial charge in [0.2, 0.25) is 0 Å². The van der Waals surface area contributed by atoms with Gasteiger partial charge in [-0.1, -0.05) is 32.9 Å². The third kappa shape index (κ3) is 2.17. The highest BCUT2D eigenvalue weighted by Crippen LogP contribution is 2.67. The molecule has 3 unspecified atom stereocenters. The van der Waals surface area contributed by atoms with E-state index in [1.165, 1.54) is 37.4 Å². The largest absolute Gasteiger partial charge is 0.0971 e. The maximum absolute atomic E-state index is 2.65. The first-order chi connectivity index (χ1) is 9.02. The quantitative estimate of drug-likeness (QED) is 0.644. The van der Waals surface area contributed by atoms with Crippen LogP contribution in [0.3, 0.4) is 0 Å². The Bertz CT molecular complexity index is 477. The molecule has 1 fully saturated rings. The zero-order valence-electron chi connectivity index (χ0n) is 12.9. The third-order valence-electron chi connectivity index (χ3n) is 5.70. The molecule has 0 spiro atoms. The molecule has 3 rings (SSSR count). The van der Waals surface area contributed by atoms with E-state index in [1.807, 2.05) is 0 Å². The van der Waals surface area contributed by atoms with Crippen molar-refractivity contribution in [3.05, 3.63) is 29.3 Å². The lowest BCUT2D eigenvalue weighted by atomic mass is 9.93. The third-order valence-corrected chi connectivity index (χ3v) is 10.7. The average Bonchev–Trinajstić information content (AvgIpc) is 2.38. The van der Waals surface area contributed by atoms with Crippen LogP contribution in [0, 0.1) is 5.92 Å². The molecule has 0 nitrogen and oxygen atoms in total. The van der Waals surface area contributed by atoms with Gasteiger partial charge in [0.05, 0.1) is 23.8 Å². The molecule has 0 aliphatic carbocycles. The van der Waals surface area contributed by atoms with Crippen LogP contribution in [0.2, 0.25) is 0 Å². The lowest BCUT2D eigenvalue weighted by molar-refractivity contribution is 0.455. The molecule has 2 heterocycles. The van der Waals surface area contributed by atoms with Crippen molar-refractivity contribution in [1.29, 1.82) is 0 Å². The van der Waals surface area contributed by atoms with Crippen molar-refractivity contribution in [2.24, 2.45) is 5.92 Å². The Balaban J connectivity index is 2.04. The second kappa shape index (κ2) is 4.88. The Morgan fingerprint density at radius 1 is 1.21 bits per heavy atom. The molecular formula is C18H28P+. The summed E-state index contributed by atoms with van der Waals surface area (Å²) in [5.74, 6) is 1.63. The maximum atomic E-state index is 2.65. The van der Waals surface area contributed by atoms with Crippen molar-refractivity contribution >= 4 is 12.6 Å². The van der Waals surface area contributed by atoms with Crippen molar-refractivity contribution in [2.75, 3.05) is 12.8 Å². The van der Waals surface area contributed by atoms with Gasteiger partial charge in [-0.25, -0.2) is 0 Å². The summed E-state index contributed by atoms with van der Waals surface area (Å²) in [5, 5.41) is 1.79. The molecule has 1 heteroatoms. The van der Waals surface area contributed by atoms with Crippen LogP contribution in [-0.4, -0.2) is 18.5 Å². The van der Waals surface area contributed by atoms with E-state index in [2.05, 4.69) is 45.6 Å². The summed E-state index contributed by atoms with van der Waals surface area (Å²) in [5.41, 5.74) is 4.26. The topological polar surface area (TPSA) is 0 Å². The van der Waals surface area contributed by atoms with Crippen LogP contribution in [0.5, 0.6) is 0 Å². The van der Waals surface area contributed by atoms with Crippen LogP contribution in [0.4, 0.5) is 0 Å². The lowest BCUT2D eigenvalue weighted by Gasteiger charge is -2.43. The van der Waals surface area contributed by atoms with Gasteiger partial charge in [-0.05, 0) is 54.7 Å². The molecule has 0 saturated carbocycles. The summed E-state index contributed by atoms with van der Waals surface area (Å²) in [4.78, 5) is 0. The van der Waals surface area contributed by atoms with Gasteiger partial charge in [0, 0.05) is 7.26 Å². The molecule has 19 heavy (non-hydrogen) atoms. The molecule has 3 atom stereocenters. The fourth-order valence-electron chi connectivity index (χ4n) is 4.50. The average molecular weight is 275 g/mol. The smallest absolute Gasteiger partial charge is 0.0587 e. The first kappa shape index (κ1) is 13.6. The van der Waals surface area contributed by atoms with E-state index in [-0.39, 0.29) is 0 Å². The summed E-state index contributed by atoms with van der Waals surface area (Å²) >= 11 is 0. The zero-order valence-corrected chi connectivity index (χ0v) is 13.8. The summed E-state index contributed by atoms with van der Waals surface area (Å²) in [7, 11) is -0.864. The highest BCUT2D eigenvalue weighted by atomic mass is 31.2. The van der Waals surface area contributed by atoms with E-state index in [0.717, 1.165) is 11.6 Å². The molecule has 0 aromatic heterocycles. The van der Waals surface area contributed by atoms with Gasteiger partial charge in [-0.15, -0.1) is 0 Å². The van der Waals surface area contributed by atoms with Gasteiger partial charge in [0.1, 0.15) is 0 Å². The Morgan fingerprint density at radius 3 is 2.74 bits per heavy atom. The molecule has 0 radical (unpaired) electrons. The van der Waals surface area contributed by atoms with Crippen molar-refractivity contribution < 1.29 is 0 Å². The number of rotatable bonds is 1. The monoisotopic (exact) mass is 275 g/mol. The number of fused-ring (bicyclic) bond motifs is 3. The van der Waals surface area contributed by atoms with Gasteiger partial charge < -0.3 is 0 Å². The maximum Gasteiger partial charge on any atom is 0.0971 e. The van der Waals surface area contributed by atoms with Crippen LogP contribution in [0.15, 0.2) is 18.2 Å². The second-order valence-electron chi connectivity index (χ2n) is 7.26. The highest BCUT2D eigenvalue weighted by molar-refractivity contribution is 7.83. The fourth-order valence-corrected chi connectivity index (χ4v) is 9.48. The molecule has 104 valence electrons. The molecule has 0 bridgehead atoms. The van der Waals surface area contributed by atoms with Gasteiger partial charge in [-0.2, -0.15) is 0 Å². The minimum absolute atomic E-state index is 0.666. The van der Waals surface area contributed by atoms with Crippen molar-refractivity contribution in [1.82, 2.24) is 0 Å². The first-order valence-electron chi connectivity index (χ1n) is 8.01. The van der Waals surface area contributed by atoms with Crippen LogP contribution < -0.4 is 5.30 Å². The first-order valence-corrected chi connectivity index (χ1v) is 10.5. The molecule has 0 N–H and O–H groups in total. The van der Waals surface area contributed by atoms with Gasteiger partial charge in [0.25, 0.3) is 0 Å². The predicted octanol–water partition coefficient (Wildman–Crippen LogP) is 4.83. The zero-order chi connectivity index (χ0) is 13.6. The summed E-state index contributed by atoms with van der Waals surface area (Å²) in [6, 6.07) is 7.46. The van der Waals surface area contributed by atoms with Crippen LogP contribution >= 0.6 is 7.26 Å². The lowest BCUT2D eigenvalue weighted by Crippen LogP contribution is -2.39. The van der Waals surface area contributed by atoms with Crippen LogP contribution in [0.25, 0.3) is 0 Å². The van der Waals surface area contributed by atoms with E-state index in [0.29, 0.717) is 5.92 Å². The summed E-state index contributed by atoms with van der Waals surface area (Å²) in [6.45, 7) is 9.79. The van der Waals surface area contributed by atoms with E-state index >= 15 is 0 Å². The highest BCUT2D eigenvalue weighted by Gasteiger charge is 2.51. The fraction of sp³-hybridized carbons (Fsp3) is 0.667. The minimum Gasteiger partial charge on any atom is -0.0587 e. The standard InChI is InChI=1S/C18H28P/c1-13(2)15-7-10-18-16(12-15)8-9-17-14(3)6-5-11-19(17,18)4/h7,10,12-14,17H,5-6,8-9,11H2,1-4H3/q+1. The SMILES string of the molecule is CC(C)c1ccc2c(c1)CCC1C(C)CCC[P+]21C. The van der Waals surface area contributed by atoms with E-state index in [9.17, 15) is 0 Å². The van der Waals surface area contributed by atoms with Crippen LogP contribution in [-0.2, 0) is 6.42 Å². The van der Waals surface area contributed by atoms with Gasteiger partial charge >= 0.3 is 0 Å². The Labute approximate surface area is 119 Å². The number of hydrogen-bond donors (Lipinski definition) is 0. The Kier molecular flexibility index (Phi) is 3.50. The normalized spacial score (nSPS) is 33.9. The molecule has 1 aromatic rings. The Hall–Kier alpha value is -0.350. The minimum atomic E-state index is -0.864. The second-order valence-corrected chi connectivity index (χ2v) is 11.4. The number of benzene rings is 1. The molecule has 2 aliphatic heterocycles. The Morgan fingerprint density at radius 2 is 2.00 bits per heavy atom. The van der Waals surface area contributed by atoms with Crippen LogP contribution in [0.1, 0.15) is 57.1 Å². The van der Waals surface area contributed by atoms with Crippen molar-refractivity contribution in [2.45, 2.75) is 58.0 Å². The molecule has 1 saturated heterocycles. The molecule has 0 amide bonds. The van der Waals surface area contributed by atoms with Gasteiger partial charge in [0.15, 0.2) is 0 Å². The van der Waals surface area contributed by atoms with E-state index in [4.69, 9.17) is 0 Å². The van der Waals surface area contributed by atoms with E-state index in [1.54, 1.807) is 10.9 Å². The van der Waals surface area contributed by atoms with Gasteiger partial charge in [-0.3, -0.25) is 0 Å². The van der Waals surface area contributed by atoms with E-state index < -0.39 is 7.26 Å². The predicted molar refractivity (Wildman–Crippen MR) is 88.4 cm³/mol.